The zero-order chi connectivity index (χ0) is 20.1. The van der Waals surface area contributed by atoms with Crippen LogP contribution < -0.4 is 5.32 Å². The Morgan fingerprint density at radius 2 is 1.79 bits per heavy atom. The van der Waals surface area contributed by atoms with Crippen LogP contribution in [0.5, 0.6) is 0 Å². The number of aryl methyl sites for hydroxylation is 3. The van der Waals surface area contributed by atoms with E-state index in [1.807, 2.05) is 51.1 Å². The fourth-order valence-corrected chi connectivity index (χ4v) is 2.54. The summed E-state index contributed by atoms with van der Waals surface area (Å²) in [6.45, 7) is 5.68. The average Bonchev–Trinajstić information content (AvgIpc) is 3.16. The fourth-order valence-electron chi connectivity index (χ4n) is 2.54. The lowest BCUT2D eigenvalue weighted by Crippen LogP contribution is -2.30. The van der Waals surface area contributed by atoms with Gasteiger partial charge >= 0.3 is 5.97 Å². The van der Waals surface area contributed by atoms with E-state index in [0.717, 1.165) is 22.3 Å². The monoisotopic (exact) mass is 378 g/mol. The van der Waals surface area contributed by atoms with Crippen LogP contribution in [0, 0.1) is 20.8 Å². The third-order valence-electron chi connectivity index (χ3n) is 4.39. The first-order valence-electron chi connectivity index (χ1n) is 8.95. The summed E-state index contributed by atoms with van der Waals surface area (Å²) in [5, 5.41) is 2.56. The van der Waals surface area contributed by atoms with E-state index in [0.29, 0.717) is 17.1 Å². The molecule has 0 spiro atoms. The zero-order valence-electron chi connectivity index (χ0n) is 16.1. The van der Waals surface area contributed by atoms with Crippen molar-refractivity contribution in [2.24, 2.45) is 0 Å². The second kappa shape index (κ2) is 8.52. The molecule has 6 nitrogen and oxygen atoms in total. The van der Waals surface area contributed by atoms with Crippen molar-refractivity contribution in [1.29, 1.82) is 0 Å². The summed E-state index contributed by atoms with van der Waals surface area (Å²) in [4.78, 5) is 28.3. The maximum Gasteiger partial charge on any atom is 0.325 e. The number of oxazole rings is 1. The SMILES string of the molecule is Cc1ccc(-c2nc(COC(=O)CNC(=O)c3ccc(C)c(C)c3)co2)cc1. The molecule has 6 heteroatoms. The standard InChI is InChI=1S/C22H22N2O4/c1-14-4-7-17(8-5-14)22-24-19(13-28-22)12-27-20(25)11-23-21(26)18-9-6-15(2)16(3)10-18/h4-10,13H,11-12H2,1-3H3,(H,23,26). The highest BCUT2D eigenvalue weighted by Crippen LogP contribution is 2.19. The summed E-state index contributed by atoms with van der Waals surface area (Å²) in [6.07, 6.45) is 1.45. The Labute approximate surface area is 163 Å². The van der Waals surface area contributed by atoms with Gasteiger partial charge < -0.3 is 14.5 Å². The Kier molecular flexibility index (Phi) is 5.89. The minimum absolute atomic E-state index is 0.0201. The van der Waals surface area contributed by atoms with Crippen molar-refractivity contribution in [1.82, 2.24) is 10.3 Å². The summed E-state index contributed by atoms with van der Waals surface area (Å²) in [7, 11) is 0. The lowest BCUT2D eigenvalue weighted by molar-refractivity contribution is -0.143. The highest BCUT2D eigenvalue weighted by atomic mass is 16.5. The number of nitrogens with one attached hydrogen (secondary N) is 1. The third kappa shape index (κ3) is 4.85. The van der Waals surface area contributed by atoms with Crippen molar-refractivity contribution in [3.05, 3.63) is 76.7 Å². The van der Waals surface area contributed by atoms with Crippen LogP contribution in [0.4, 0.5) is 0 Å². The van der Waals surface area contributed by atoms with Gasteiger partial charge in [0.05, 0.1) is 0 Å². The summed E-state index contributed by atoms with van der Waals surface area (Å²) in [5.74, 6) is -0.394. The quantitative estimate of drug-likeness (QED) is 0.661. The number of esters is 1. The van der Waals surface area contributed by atoms with Gasteiger partial charge in [-0.2, -0.15) is 0 Å². The molecular formula is C22H22N2O4. The van der Waals surface area contributed by atoms with Crippen molar-refractivity contribution in [3.63, 3.8) is 0 Å². The van der Waals surface area contributed by atoms with Crippen LogP contribution in [0.2, 0.25) is 0 Å². The van der Waals surface area contributed by atoms with Gasteiger partial charge in [-0.15, -0.1) is 0 Å². The molecule has 0 fully saturated rings. The molecule has 1 heterocycles. The Morgan fingerprint density at radius 1 is 1.04 bits per heavy atom. The van der Waals surface area contributed by atoms with Crippen LogP contribution in [0.1, 0.15) is 32.7 Å². The third-order valence-corrected chi connectivity index (χ3v) is 4.39. The van der Waals surface area contributed by atoms with E-state index < -0.39 is 5.97 Å². The zero-order valence-corrected chi connectivity index (χ0v) is 16.1. The predicted octanol–water partition coefficient (Wildman–Crippen LogP) is 3.74. The Balaban J connectivity index is 1.48. The van der Waals surface area contributed by atoms with Crippen molar-refractivity contribution >= 4 is 11.9 Å². The number of ether oxygens (including phenoxy) is 1. The van der Waals surface area contributed by atoms with Crippen molar-refractivity contribution < 1.29 is 18.7 Å². The summed E-state index contributed by atoms with van der Waals surface area (Å²) < 4.78 is 10.6. The molecule has 3 aromatic rings. The van der Waals surface area contributed by atoms with Gasteiger partial charge in [0, 0.05) is 11.1 Å². The molecule has 0 saturated heterocycles. The van der Waals surface area contributed by atoms with Crippen LogP contribution in [0.25, 0.3) is 11.5 Å². The van der Waals surface area contributed by atoms with E-state index in [1.165, 1.54) is 6.26 Å². The van der Waals surface area contributed by atoms with Crippen LogP contribution in [-0.4, -0.2) is 23.4 Å². The fraction of sp³-hybridized carbons (Fsp3) is 0.227. The van der Waals surface area contributed by atoms with Crippen LogP contribution in [0.3, 0.4) is 0 Å². The first-order chi connectivity index (χ1) is 13.4. The summed E-state index contributed by atoms with van der Waals surface area (Å²) in [5.41, 5.74) is 5.13. The van der Waals surface area contributed by atoms with E-state index in [9.17, 15) is 9.59 Å². The lowest BCUT2D eigenvalue weighted by atomic mass is 10.1. The Bertz CT molecular complexity index is 990. The molecule has 0 saturated carbocycles. The molecule has 2 aromatic carbocycles. The number of hydrogen-bond donors (Lipinski definition) is 1. The number of carbonyl (C=O) groups excluding carboxylic acids is 2. The average molecular weight is 378 g/mol. The molecule has 0 aliphatic carbocycles. The number of hydrogen-bond acceptors (Lipinski definition) is 5. The first kappa shape index (κ1) is 19.4. The number of benzene rings is 2. The number of nitrogens with zero attached hydrogens (tertiary/aromatic N) is 1. The molecule has 3 rings (SSSR count). The topological polar surface area (TPSA) is 81.4 Å². The second-order valence-corrected chi connectivity index (χ2v) is 6.65. The Hall–Kier alpha value is -3.41. The minimum Gasteiger partial charge on any atom is -0.458 e. The smallest absolute Gasteiger partial charge is 0.325 e. The normalized spacial score (nSPS) is 10.5. The predicted molar refractivity (Wildman–Crippen MR) is 105 cm³/mol. The largest absolute Gasteiger partial charge is 0.458 e. The van der Waals surface area contributed by atoms with E-state index in [-0.39, 0.29) is 19.1 Å². The lowest BCUT2D eigenvalue weighted by Gasteiger charge is -2.07. The molecule has 0 bridgehead atoms. The van der Waals surface area contributed by atoms with Gasteiger partial charge in [-0.25, -0.2) is 4.98 Å². The minimum atomic E-state index is -0.544. The van der Waals surface area contributed by atoms with Gasteiger partial charge in [-0.1, -0.05) is 23.8 Å². The van der Waals surface area contributed by atoms with Crippen molar-refractivity contribution in [2.45, 2.75) is 27.4 Å². The second-order valence-electron chi connectivity index (χ2n) is 6.65. The Morgan fingerprint density at radius 3 is 2.50 bits per heavy atom. The summed E-state index contributed by atoms with van der Waals surface area (Å²) >= 11 is 0. The number of aromatic nitrogens is 1. The molecule has 0 unspecified atom stereocenters. The number of rotatable bonds is 6. The van der Waals surface area contributed by atoms with Gasteiger partial charge in [0.1, 0.15) is 25.1 Å². The summed E-state index contributed by atoms with van der Waals surface area (Å²) in [6, 6.07) is 13.2. The molecular weight excluding hydrogens is 356 g/mol. The van der Waals surface area contributed by atoms with Gasteiger partial charge in [-0.05, 0) is 56.2 Å². The maximum atomic E-state index is 12.1. The number of carbonyl (C=O) groups is 2. The van der Waals surface area contributed by atoms with E-state index in [4.69, 9.17) is 9.15 Å². The molecule has 1 aromatic heterocycles. The molecule has 144 valence electrons. The highest BCUT2D eigenvalue weighted by Gasteiger charge is 2.12. The first-order valence-corrected chi connectivity index (χ1v) is 8.95. The molecule has 1 N–H and O–H groups in total. The molecule has 28 heavy (non-hydrogen) atoms. The van der Waals surface area contributed by atoms with Crippen LogP contribution >= 0.6 is 0 Å². The molecule has 0 aliphatic rings. The van der Waals surface area contributed by atoms with Crippen LogP contribution in [-0.2, 0) is 16.1 Å². The van der Waals surface area contributed by atoms with E-state index in [2.05, 4.69) is 10.3 Å². The molecule has 1 amide bonds. The maximum absolute atomic E-state index is 12.1. The van der Waals surface area contributed by atoms with Gasteiger partial charge in [0.15, 0.2) is 0 Å². The van der Waals surface area contributed by atoms with Crippen molar-refractivity contribution in [3.8, 4) is 11.5 Å². The number of amides is 1. The van der Waals surface area contributed by atoms with Crippen LogP contribution in [0.15, 0.2) is 53.1 Å². The van der Waals surface area contributed by atoms with E-state index >= 15 is 0 Å². The van der Waals surface area contributed by atoms with Crippen molar-refractivity contribution in [2.75, 3.05) is 6.54 Å². The van der Waals surface area contributed by atoms with Gasteiger partial charge in [-0.3, -0.25) is 9.59 Å². The molecule has 0 atom stereocenters. The van der Waals surface area contributed by atoms with Gasteiger partial charge in [0.25, 0.3) is 5.91 Å². The van der Waals surface area contributed by atoms with E-state index in [1.54, 1.807) is 12.1 Å². The molecule has 0 aliphatic heterocycles. The molecule has 0 radical (unpaired) electrons. The van der Waals surface area contributed by atoms with Gasteiger partial charge in [0.2, 0.25) is 5.89 Å². The highest BCUT2D eigenvalue weighted by molar-refractivity contribution is 5.96.